The molecule has 0 amide bonds. The second kappa shape index (κ2) is 3.50. The minimum absolute atomic E-state index is 0. The van der Waals surface area contributed by atoms with Crippen LogP contribution in [0.3, 0.4) is 0 Å². The Labute approximate surface area is 61.2 Å². The summed E-state index contributed by atoms with van der Waals surface area (Å²) >= 11 is 0. The normalized spacial score (nSPS) is 6.67. The molecule has 0 aliphatic rings. The van der Waals surface area contributed by atoms with Crippen LogP contribution in [-0.4, -0.2) is 9.97 Å². The molecule has 1 heterocycles. The number of hydrogen-bond donors (Lipinski definition) is 1. The van der Waals surface area contributed by atoms with Gasteiger partial charge in [-0.2, -0.15) is 0 Å². The Morgan fingerprint density at radius 2 is 2.50 bits per heavy atom. The van der Waals surface area contributed by atoms with Crippen LogP contribution in [0.15, 0.2) is 12.4 Å². The first-order chi connectivity index (χ1) is 2.50. The van der Waals surface area contributed by atoms with E-state index in [-0.39, 0.29) is 32.7 Å². The number of rotatable bonds is 0. The van der Waals surface area contributed by atoms with Gasteiger partial charge in [0.2, 0.25) is 0 Å². The van der Waals surface area contributed by atoms with Crippen LogP contribution in [0.5, 0.6) is 0 Å². The molecule has 0 saturated carbocycles. The van der Waals surface area contributed by atoms with E-state index in [1.807, 2.05) is 0 Å². The third kappa shape index (κ3) is 1.68. The van der Waals surface area contributed by atoms with Gasteiger partial charge in [-0.05, 0) is 6.33 Å². The number of nitrogens with one attached hydrogen (secondary N) is 1. The molecule has 1 aromatic heterocycles. The van der Waals surface area contributed by atoms with Crippen LogP contribution in [0, 0.1) is 6.33 Å². The molecule has 0 spiro atoms. The van der Waals surface area contributed by atoms with Crippen molar-refractivity contribution < 1.29 is 32.7 Å². The number of imidazole rings is 1. The van der Waals surface area contributed by atoms with Gasteiger partial charge in [0.05, 0.1) is 0 Å². The van der Waals surface area contributed by atoms with Crippen LogP contribution in [0.1, 0.15) is 0 Å². The van der Waals surface area contributed by atoms with Crippen LogP contribution in [-0.2, 0) is 32.7 Å². The van der Waals surface area contributed by atoms with Gasteiger partial charge in [-0.1, -0.05) is 0 Å². The summed E-state index contributed by atoms with van der Waals surface area (Å²) in [4.78, 5) is 6.17. The summed E-state index contributed by atoms with van der Waals surface area (Å²) in [5.74, 6) is 0. The number of hydrogen-bond acceptors (Lipinski definition) is 1. The van der Waals surface area contributed by atoms with Gasteiger partial charge in [0.25, 0.3) is 0 Å². The Kier molecular flexibility index (Phi) is 3.69. The fraction of sp³-hybridized carbons (Fsp3) is 0. The zero-order valence-corrected chi connectivity index (χ0v) is 6.02. The molecule has 1 radical (unpaired) electrons. The van der Waals surface area contributed by atoms with E-state index in [1.54, 1.807) is 12.4 Å². The van der Waals surface area contributed by atoms with Crippen molar-refractivity contribution >= 4 is 0 Å². The summed E-state index contributed by atoms with van der Waals surface area (Å²) in [7, 11) is 0. The number of nitrogens with zero attached hydrogens (tertiary/aromatic N) is 1. The number of aromatic amines is 1. The Bertz CT molecular complexity index is 65.3. The third-order valence-corrected chi connectivity index (χ3v) is 0.362. The Hall–Kier alpha value is 0.314. The quantitative estimate of drug-likeness (QED) is 0.534. The first kappa shape index (κ1) is 6.31. The molecule has 2 nitrogen and oxygen atoms in total. The van der Waals surface area contributed by atoms with E-state index in [4.69, 9.17) is 0 Å². The largest absolute Gasteiger partial charge is 0.467 e. The standard InChI is InChI=1S/C3H3N2.Y/c1-2-5-3-4-1;/h1-2H,(H,4,5);/q-1;. The van der Waals surface area contributed by atoms with Gasteiger partial charge < -0.3 is 9.97 Å². The molecule has 1 rings (SSSR count). The van der Waals surface area contributed by atoms with Crippen LogP contribution in [0.2, 0.25) is 0 Å². The van der Waals surface area contributed by atoms with Crippen molar-refractivity contribution in [3.63, 3.8) is 0 Å². The smallest absolute Gasteiger partial charge is 0 e. The van der Waals surface area contributed by atoms with E-state index < -0.39 is 0 Å². The fourth-order valence-corrected chi connectivity index (χ4v) is 0.186. The second-order valence-electron chi connectivity index (χ2n) is 0.701. The zero-order valence-electron chi connectivity index (χ0n) is 3.18. The first-order valence-corrected chi connectivity index (χ1v) is 1.35. The molecular weight excluding hydrogens is 153 g/mol. The van der Waals surface area contributed by atoms with Crippen molar-refractivity contribution in [3.05, 3.63) is 18.7 Å². The predicted molar refractivity (Wildman–Crippen MR) is 17.4 cm³/mol. The molecule has 3 heteroatoms. The summed E-state index contributed by atoms with van der Waals surface area (Å²) in [5, 5.41) is 0. The van der Waals surface area contributed by atoms with E-state index in [1.165, 1.54) is 0 Å². The van der Waals surface area contributed by atoms with Crippen LogP contribution < -0.4 is 0 Å². The Morgan fingerprint density at radius 1 is 1.67 bits per heavy atom. The van der Waals surface area contributed by atoms with Crippen LogP contribution in [0.4, 0.5) is 0 Å². The monoisotopic (exact) mass is 156 g/mol. The average molecular weight is 156 g/mol. The van der Waals surface area contributed by atoms with Crippen LogP contribution >= 0.6 is 0 Å². The maximum atomic E-state index is 3.54. The van der Waals surface area contributed by atoms with Gasteiger partial charge in [0.15, 0.2) is 0 Å². The summed E-state index contributed by atoms with van der Waals surface area (Å²) in [5.41, 5.74) is 0. The van der Waals surface area contributed by atoms with Crippen molar-refractivity contribution in [3.8, 4) is 0 Å². The molecule has 1 N–H and O–H groups in total. The summed E-state index contributed by atoms with van der Waals surface area (Å²) in [6, 6.07) is 0. The van der Waals surface area contributed by atoms with E-state index >= 15 is 0 Å². The number of H-pyrrole nitrogens is 1. The maximum Gasteiger partial charge on any atom is 0 e. The minimum atomic E-state index is 0. The van der Waals surface area contributed by atoms with Crippen molar-refractivity contribution in [2.45, 2.75) is 0 Å². The maximum absolute atomic E-state index is 3.54. The van der Waals surface area contributed by atoms with E-state index in [0.29, 0.717) is 0 Å². The van der Waals surface area contributed by atoms with Crippen molar-refractivity contribution in [2.75, 3.05) is 0 Å². The molecular formula is C3H3N2Y-. The summed E-state index contributed by atoms with van der Waals surface area (Å²) in [6.07, 6.45) is 5.83. The van der Waals surface area contributed by atoms with Gasteiger partial charge in [-0.25, -0.2) is 0 Å². The molecule has 0 atom stereocenters. The molecule has 1 aromatic rings. The Balaban J connectivity index is 0.000000250. The van der Waals surface area contributed by atoms with E-state index in [2.05, 4.69) is 16.3 Å². The average Bonchev–Trinajstić information content (AvgIpc) is 1.76. The van der Waals surface area contributed by atoms with Gasteiger partial charge in [0, 0.05) is 32.7 Å². The molecule has 0 aromatic carbocycles. The fourth-order valence-electron chi connectivity index (χ4n) is 0.186. The zero-order chi connectivity index (χ0) is 3.54. The van der Waals surface area contributed by atoms with Gasteiger partial charge in [-0.15, -0.1) is 12.4 Å². The molecule has 0 aliphatic heterocycles. The minimum Gasteiger partial charge on any atom is -0.467 e. The Morgan fingerprint density at radius 3 is 2.67 bits per heavy atom. The van der Waals surface area contributed by atoms with Gasteiger partial charge in [-0.3, -0.25) is 0 Å². The molecule has 6 heavy (non-hydrogen) atoms. The van der Waals surface area contributed by atoms with E-state index in [0.717, 1.165) is 0 Å². The molecule has 0 bridgehead atoms. The SMILES string of the molecule is [Y].[c-]1ncc[nH]1. The van der Waals surface area contributed by atoms with Crippen molar-refractivity contribution in [2.24, 2.45) is 0 Å². The van der Waals surface area contributed by atoms with Gasteiger partial charge in [0.1, 0.15) is 0 Å². The third-order valence-electron chi connectivity index (χ3n) is 0.362. The molecule has 0 unspecified atom stereocenters. The van der Waals surface area contributed by atoms with Crippen LogP contribution in [0.25, 0.3) is 0 Å². The summed E-state index contributed by atoms with van der Waals surface area (Å²) in [6.45, 7) is 0. The number of aromatic nitrogens is 2. The molecule has 0 fully saturated rings. The van der Waals surface area contributed by atoms with E-state index in [9.17, 15) is 0 Å². The first-order valence-electron chi connectivity index (χ1n) is 1.35. The van der Waals surface area contributed by atoms with Crippen molar-refractivity contribution in [1.29, 1.82) is 0 Å². The molecule has 0 aliphatic carbocycles. The molecule has 0 saturated heterocycles. The van der Waals surface area contributed by atoms with Crippen molar-refractivity contribution in [1.82, 2.24) is 9.97 Å². The van der Waals surface area contributed by atoms with Gasteiger partial charge >= 0.3 is 0 Å². The molecule has 29 valence electrons. The topological polar surface area (TPSA) is 28.7 Å². The second-order valence-corrected chi connectivity index (χ2v) is 0.701. The predicted octanol–water partition coefficient (Wildman–Crippen LogP) is 0.207. The summed E-state index contributed by atoms with van der Waals surface area (Å²) < 4.78 is 0.